The summed E-state index contributed by atoms with van der Waals surface area (Å²) in [5, 5.41) is 8.78. The Kier molecular flexibility index (Phi) is 4.19. The minimum Gasteiger partial charge on any atom is -0.444 e. The lowest BCUT2D eigenvalue weighted by Crippen LogP contribution is -2.47. The maximum absolute atomic E-state index is 11.7. The molecular weight excluding hydrogens is 206 g/mol. The van der Waals surface area contributed by atoms with Gasteiger partial charge in [0.1, 0.15) is 5.60 Å². The van der Waals surface area contributed by atoms with Crippen molar-refractivity contribution in [2.75, 3.05) is 13.7 Å². The highest BCUT2D eigenvalue weighted by Crippen LogP contribution is 2.33. The molecule has 0 aromatic heterocycles. The van der Waals surface area contributed by atoms with Crippen molar-refractivity contribution in [2.24, 2.45) is 5.92 Å². The fraction of sp³-hybridized carbons (Fsp3) is 0.917. The van der Waals surface area contributed by atoms with Gasteiger partial charge in [0.25, 0.3) is 0 Å². The van der Waals surface area contributed by atoms with Crippen molar-refractivity contribution < 1.29 is 14.6 Å². The van der Waals surface area contributed by atoms with Gasteiger partial charge in [0.05, 0.1) is 0 Å². The predicted molar refractivity (Wildman–Crippen MR) is 62.2 cm³/mol. The van der Waals surface area contributed by atoms with Crippen molar-refractivity contribution in [3.8, 4) is 0 Å². The summed E-state index contributed by atoms with van der Waals surface area (Å²) >= 11 is 0. The van der Waals surface area contributed by atoms with Crippen LogP contribution in [0.3, 0.4) is 0 Å². The maximum atomic E-state index is 11.7. The molecule has 0 saturated heterocycles. The molecule has 0 heterocycles. The number of aliphatic hydroxyl groups excluding tert-OH is 1. The Labute approximate surface area is 97.6 Å². The van der Waals surface area contributed by atoms with Crippen LogP contribution in [0.25, 0.3) is 0 Å². The first-order valence-electron chi connectivity index (χ1n) is 5.90. The fourth-order valence-corrected chi connectivity index (χ4v) is 1.92. The van der Waals surface area contributed by atoms with Crippen LogP contribution < -0.4 is 0 Å². The average Bonchev–Trinajstić information content (AvgIpc) is 2.06. The van der Waals surface area contributed by atoms with E-state index in [-0.39, 0.29) is 18.7 Å². The van der Waals surface area contributed by atoms with Gasteiger partial charge in [0.2, 0.25) is 0 Å². The van der Waals surface area contributed by atoms with E-state index in [0.29, 0.717) is 5.92 Å². The second-order valence-corrected chi connectivity index (χ2v) is 5.59. The van der Waals surface area contributed by atoms with E-state index in [4.69, 9.17) is 9.84 Å². The van der Waals surface area contributed by atoms with Crippen molar-refractivity contribution >= 4 is 6.09 Å². The first-order chi connectivity index (χ1) is 7.33. The number of amides is 1. The van der Waals surface area contributed by atoms with Gasteiger partial charge in [-0.1, -0.05) is 0 Å². The topological polar surface area (TPSA) is 49.8 Å². The Morgan fingerprint density at radius 2 is 2.00 bits per heavy atom. The molecule has 1 aliphatic rings. The minimum absolute atomic E-state index is 0.244. The normalized spacial score (nSPS) is 24.8. The second kappa shape index (κ2) is 5.04. The molecule has 1 saturated carbocycles. The smallest absolute Gasteiger partial charge is 0.410 e. The molecule has 16 heavy (non-hydrogen) atoms. The molecule has 4 nitrogen and oxygen atoms in total. The van der Waals surface area contributed by atoms with Gasteiger partial charge in [-0.3, -0.25) is 0 Å². The summed E-state index contributed by atoms with van der Waals surface area (Å²) in [6.45, 7) is 5.85. The van der Waals surface area contributed by atoms with E-state index in [1.165, 1.54) is 0 Å². The second-order valence-electron chi connectivity index (χ2n) is 5.59. The summed E-state index contributed by atoms with van der Waals surface area (Å²) < 4.78 is 5.29. The van der Waals surface area contributed by atoms with Crippen LogP contribution in [0.4, 0.5) is 4.79 Å². The Balaban J connectivity index is 2.31. The molecule has 1 amide bonds. The molecule has 1 fully saturated rings. The van der Waals surface area contributed by atoms with Gasteiger partial charge < -0.3 is 14.7 Å². The average molecular weight is 229 g/mol. The van der Waals surface area contributed by atoms with E-state index in [2.05, 4.69) is 0 Å². The summed E-state index contributed by atoms with van der Waals surface area (Å²) in [4.78, 5) is 13.4. The molecule has 0 aliphatic heterocycles. The maximum Gasteiger partial charge on any atom is 0.410 e. The van der Waals surface area contributed by atoms with E-state index >= 15 is 0 Å². The zero-order chi connectivity index (χ0) is 12.3. The van der Waals surface area contributed by atoms with Crippen LogP contribution >= 0.6 is 0 Å². The highest BCUT2D eigenvalue weighted by atomic mass is 16.6. The minimum atomic E-state index is -0.431. The number of ether oxygens (including phenoxy) is 1. The van der Waals surface area contributed by atoms with Crippen LogP contribution in [0.1, 0.15) is 40.0 Å². The summed E-state index contributed by atoms with van der Waals surface area (Å²) in [6, 6.07) is 0.284. The van der Waals surface area contributed by atoms with Crippen LogP contribution in [0, 0.1) is 5.92 Å². The van der Waals surface area contributed by atoms with Gasteiger partial charge in [0, 0.05) is 19.7 Å². The summed E-state index contributed by atoms with van der Waals surface area (Å²) in [7, 11) is 1.79. The van der Waals surface area contributed by atoms with Gasteiger partial charge in [-0.25, -0.2) is 4.79 Å². The molecule has 0 aromatic rings. The number of hydrogen-bond acceptors (Lipinski definition) is 3. The Bertz CT molecular complexity index is 241. The van der Waals surface area contributed by atoms with E-state index in [1.54, 1.807) is 11.9 Å². The largest absolute Gasteiger partial charge is 0.444 e. The zero-order valence-electron chi connectivity index (χ0n) is 10.7. The molecule has 1 N–H and O–H groups in total. The number of carbonyl (C=O) groups excluding carboxylic acids is 1. The van der Waals surface area contributed by atoms with E-state index in [1.807, 2.05) is 20.8 Å². The molecule has 0 unspecified atom stereocenters. The summed E-state index contributed by atoms with van der Waals surface area (Å²) in [6.07, 6.45) is 2.56. The summed E-state index contributed by atoms with van der Waals surface area (Å²) in [5.41, 5.74) is -0.431. The SMILES string of the molecule is CN(C(=O)OC(C)(C)C)C1CC(CCO)C1. The number of nitrogens with zero attached hydrogens (tertiary/aromatic N) is 1. The van der Waals surface area contributed by atoms with Crippen LogP contribution in [0.2, 0.25) is 0 Å². The lowest BCUT2D eigenvalue weighted by molar-refractivity contribution is 0.00453. The van der Waals surface area contributed by atoms with Crippen molar-refractivity contribution in [1.29, 1.82) is 0 Å². The molecular formula is C12H23NO3. The fourth-order valence-electron chi connectivity index (χ4n) is 1.92. The lowest BCUT2D eigenvalue weighted by Gasteiger charge is -2.41. The van der Waals surface area contributed by atoms with Gasteiger partial charge in [-0.15, -0.1) is 0 Å². The van der Waals surface area contributed by atoms with Crippen LogP contribution in [-0.2, 0) is 4.74 Å². The van der Waals surface area contributed by atoms with Crippen LogP contribution in [0.15, 0.2) is 0 Å². The Morgan fingerprint density at radius 1 is 1.44 bits per heavy atom. The molecule has 0 spiro atoms. The molecule has 0 aromatic carbocycles. The van der Waals surface area contributed by atoms with E-state index in [9.17, 15) is 4.79 Å². The van der Waals surface area contributed by atoms with Gasteiger partial charge in [-0.05, 0) is 46.0 Å². The number of hydrogen-bond donors (Lipinski definition) is 1. The van der Waals surface area contributed by atoms with Crippen LogP contribution in [-0.4, -0.2) is 41.4 Å². The third-order valence-electron chi connectivity index (χ3n) is 2.98. The zero-order valence-corrected chi connectivity index (χ0v) is 10.7. The van der Waals surface area contributed by atoms with E-state index < -0.39 is 5.60 Å². The lowest BCUT2D eigenvalue weighted by atomic mass is 9.78. The number of aliphatic hydroxyl groups is 1. The molecule has 0 atom stereocenters. The third-order valence-corrected chi connectivity index (χ3v) is 2.98. The first-order valence-corrected chi connectivity index (χ1v) is 5.90. The van der Waals surface area contributed by atoms with Crippen LogP contribution in [0.5, 0.6) is 0 Å². The Morgan fingerprint density at radius 3 is 2.44 bits per heavy atom. The monoisotopic (exact) mass is 229 g/mol. The van der Waals surface area contributed by atoms with E-state index in [0.717, 1.165) is 19.3 Å². The van der Waals surface area contributed by atoms with Crippen molar-refractivity contribution in [3.63, 3.8) is 0 Å². The Hall–Kier alpha value is -0.770. The molecule has 4 heteroatoms. The first kappa shape index (κ1) is 13.3. The molecule has 0 radical (unpaired) electrons. The highest BCUT2D eigenvalue weighted by Gasteiger charge is 2.35. The van der Waals surface area contributed by atoms with Gasteiger partial charge in [0.15, 0.2) is 0 Å². The molecule has 94 valence electrons. The van der Waals surface area contributed by atoms with Gasteiger partial charge >= 0.3 is 6.09 Å². The number of rotatable bonds is 3. The number of carbonyl (C=O) groups is 1. The standard InChI is InChI=1S/C12H23NO3/c1-12(2,3)16-11(15)13(4)10-7-9(8-10)5-6-14/h9-10,14H,5-8H2,1-4H3. The van der Waals surface area contributed by atoms with Crippen molar-refractivity contribution in [1.82, 2.24) is 4.90 Å². The predicted octanol–water partition coefficient (Wildman–Crippen LogP) is 2.01. The van der Waals surface area contributed by atoms with Crippen molar-refractivity contribution in [2.45, 2.75) is 51.7 Å². The quantitative estimate of drug-likeness (QED) is 0.805. The van der Waals surface area contributed by atoms with Crippen molar-refractivity contribution in [3.05, 3.63) is 0 Å². The highest BCUT2D eigenvalue weighted by molar-refractivity contribution is 5.68. The molecule has 0 bridgehead atoms. The van der Waals surface area contributed by atoms with Gasteiger partial charge in [-0.2, -0.15) is 0 Å². The molecule has 1 aliphatic carbocycles. The molecule has 1 rings (SSSR count). The third kappa shape index (κ3) is 3.67. The summed E-state index contributed by atoms with van der Waals surface area (Å²) in [5.74, 6) is 0.569.